The molecule has 1 aliphatic heterocycles. The number of halogens is 1. The molecule has 0 saturated carbocycles. The second-order valence-electron chi connectivity index (χ2n) is 6.82. The van der Waals surface area contributed by atoms with Gasteiger partial charge in [-0.15, -0.1) is 0 Å². The van der Waals surface area contributed by atoms with E-state index in [1.165, 1.54) is 12.1 Å². The molecule has 1 atom stereocenters. The minimum absolute atomic E-state index is 0.0138. The quantitative estimate of drug-likeness (QED) is 0.786. The van der Waals surface area contributed by atoms with Gasteiger partial charge in [-0.25, -0.2) is 4.39 Å². The molecule has 1 heterocycles. The highest BCUT2D eigenvalue weighted by atomic mass is 19.1. The summed E-state index contributed by atoms with van der Waals surface area (Å²) in [4.78, 5) is 26.0. The predicted molar refractivity (Wildman–Crippen MR) is 103 cm³/mol. The van der Waals surface area contributed by atoms with Crippen molar-refractivity contribution < 1.29 is 14.0 Å². The molecule has 142 valence electrons. The average molecular weight is 369 g/mol. The van der Waals surface area contributed by atoms with Crippen molar-refractivity contribution in [1.29, 1.82) is 0 Å². The van der Waals surface area contributed by atoms with E-state index >= 15 is 0 Å². The predicted octanol–water partition coefficient (Wildman–Crippen LogP) is 2.13. The number of rotatable bonds is 7. The summed E-state index contributed by atoms with van der Waals surface area (Å²) in [5, 5.41) is 5.53. The van der Waals surface area contributed by atoms with Gasteiger partial charge in [-0.2, -0.15) is 0 Å². The third-order valence-corrected chi connectivity index (χ3v) is 4.72. The Morgan fingerprint density at radius 1 is 1.00 bits per heavy atom. The van der Waals surface area contributed by atoms with Gasteiger partial charge in [0.15, 0.2) is 0 Å². The van der Waals surface area contributed by atoms with Crippen molar-refractivity contribution in [1.82, 2.24) is 10.6 Å². The largest absolute Gasteiger partial charge is 0.371 e. The number of amides is 2. The first-order valence-electron chi connectivity index (χ1n) is 9.18. The molecule has 2 aromatic rings. The topological polar surface area (TPSA) is 61.4 Å². The molecular weight excluding hydrogens is 345 g/mol. The normalized spacial score (nSPS) is 16.2. The van der Waals surface area contributed by atoms with E-state index in [4.69, 9.17) is 0 Å². The van der Waals surface area contributed by atoms with E-state index in [0.29, 0.717) is 12.5 Å². The average Bonchev–Trinajstić information content (AvgIpc) is 3.15. The number of benzene rings is 2. The van der Waals surface area contributed by atoms with Gasteiger partial charge < -0.3 is 15.5 Å². The molecule has 0 spiro atoms. The number of carbonyl (C=O) groups is 2. The number of carbonyl (C=O) groups excluding carboxylic acids is 2. The maximum atomic E-state index is 13.0. The molecular formula is C21H24FN3O2. The highest BCUT2D eigenvalue weighted by Gasteiger charge is 2.23. The zero-order valence-corrected chi connectivity index (χ0v) is 15.2. The SMILES string of the molecule is O=C(CNC(=O)Cc1ccccc1)NCC1CCN(c2ccc(F)cc2)C1. The van der Waals surface area contributed by atoms with Crippen molar-refractivity contribution in [3.63, 3.8) is 0 Å². The summed E-state index contributed by atoms with van der Waals surface area (Å²) in [7, 11) is 0. The Labute approximate surface area is 158 Å². The van der Waals surface area contributed by atoms with E-state index in [1.54, 1.807) is 12.1 Å². The molecule has 1 unspecified atom stereocenters. The van der Waals surface area contributed by atoms with E-state index in [0.717, 1.165) is 30.8 Å². The summed E-state index contributed by atoms with van der Waals surface area (Å²) < 4.78 is 13.0. The molecule has 0 bridgehead atoms. The Hall–Kier alpha value is -2.89. The van der Waals surface area contributed by atoms with Crippen molar-refractivity contribution in [3.8, 4) is 0 Å². The lowest BCUT2D eigenvalue weighted by atomic mass is 10.1. The first kappa shape index (κ1) is 18.9. The van der Waals surface area contributed by atoms with Gasteiger partial charge in [0.2, 0.25) is 11.8 Å². The second kappa shape index (κ2) is 9.16. The summed E-state index contributed by atoms with van der Waals surface area (Å²) in [6.45, 7) is 2.28. The number of nitrogens with one attached hydrogen (secondary N) is 2. The van der Waals surface area contributed by atoms with Gasteiger partial charge in [0.05, 0.1) is 13.0 Å². The molecule has 1 fully saturated rings. The molecule has 2 N–H and O–H groups in total. The molecule has 0 aliphatic carbocycles. The third kappa shape index (κ3) is 5.81. The van der Waals surface area contributed by atoms with Crippen molar-refractivity contribution in [3.05, 3.63) is 66.0 Å². The Morgan fingerprint density at radius 2 is 1.74 bits per heavy atom. The summed E-state index contributed by atoms with van der Waals surface area (Å²) in [6, 6.07) is 15.9. The van der Waals surface area contributed by atoms with E-state index in [9.17, 15) is 14.0 Å². The molecule has 0 radical (unpaired) electrons. The molecule has 27 heavy (non-hydrogen) atoms. The van der Waals surface area contributed by atoms with Crippen molar-refractivity contribution in [2.75, 3.05) is 31.1 Å². The molecule has 2 aromatic carbocycles. The van der Waals surface area contributed by atoms with Crippen LogP contribution in [0.5, 0.6) is 0 Å². The minimum atomic E-state index is -0.240. The van der Waals surface area contributed by atoms with Crippen LogP contribution in [0.25, 0.3) is 0 Å². The van der Waals surface area contributed by atoms with Gasteiger partial charge in [-0.3, -0.25) is 9.59 Å². The van der Waals surface area contributed by atoms with Gasteiger partial charge in [-0.05, 0) is 42.2 Å². The number of hydrogen-bond donors (Lipinski definition) is 2. The maximum absolute atomic E-state index is 13.0. The van der Waals surface area contributed by atoms with Crippen LogP contribution in [-0.2, 0) is 16.0 Å². The van der Waals surface area contributed by atoms with Crippen molar-refractivity contribution in [2.24, 2.45) is 5.92 Å². The lowest BCUT2D eigenvalue weighted by Crippen LogP contribution is -2.39. The van der Waals surface area contributed by atoms with Crippen LogP contribution in [0.15, 0.2) is 54.6 Å². The van der Waals surface area contributed by atoms with Gasteiger partial charge >= 0.3 is 0 Å². The van der Waals surface area contributed by atoms with Gasteiger partial charge in [-0.1, -0.05) is 30.3 Å². The lowest BCUT2D eigenvalue weighted by Gasteiger charge is -2.18. The first-order valence-corrected chi connectivity index (χ1v) is 9.18. The second-order valence-corrected chi connectivity index (χ2v) is 6.82. The van der Waals surface area contributed by atoms with Crippen LogP contribution >= 0.6 is 0 Å². The van der Waals surface area contributed by atoms with E-state index in [-0.39, 0.29) is 30.6 Å². The third-order valence-electron chi connectivity index (χ3n) is 4.72. The summed E-state index contributed by atoms with van der Waals surface area (Å²) >= 11 is 0. The number of nitrogens with zero attached hydrogens (tertiary/aromatic N) is 1. The Kier molecular flexibility index (Phi) is 6.41. The van der Waals surface area contributed by atoms with Crippen LogP contribution < -0.4 is 15.5 Å². The standard InChI is InChI=1S/C21H24FN3O2/c22-18-6-8-19(9-7-18)25-11-10-17(15-25)13-23-21(27)14-24-20(26)12-16-4-2-1-3-5-16/h1-9,17H,10-15H2,(H,23,27)(H,24,26). The van der Waals surface area contributed by atoms with Crippen molar-refractivity contribution in [2.45, 2.75) is 12.8 Å². The molecule has 3 rings (SSSR count). The molecule has 1 aliphatic rings. The van der Waals surface area contributed by atoms with Crippen LogP contribution in [0.3, 0.4) is 0 Å². The first-order chi connectivity index (χ1) is 13.1. The number of hydrogen-bond acceptors (Lipinski definition) is 3. The summed E-state index contributed by atoms with van der Waals surface area (Å²) in [5.41, 5.74) is 1.92. The van der Waals surface area contributed by atoms with Crippen LogP contribution in [0, 0.1) is 11.7 Å². The van der Waals surface area contributed by atoms with Crippen LogP contribution in [0.4, 0.5) is 10.1 Å². The highest BCUT2D eigenvalue weighted by Crippen LogP contribution is 2.23. The van der Waals surface area contributed by atoms with E-state index in [1.807, 2.05) is 30.3 Å². The monoisotopic (exact) mass is 369 g/mol. The fraction of sp³-hybridized carbons (Fsp3) is 0.333. The fourth-order valence-electron chi connectivity index (χ4n) is 3.23. The van der Waals surface area contributed by atoms with Gasteiger partial charge in [0, 0.05) is 25.3 Å². The highest BCUT2D eigenvalue weighted by molar-refractivity contribution is 5.85. The molecule has 5 nitrogen and oxygen atoms in total. The smallest absolute Gasteiger partial charge is 0.239 e. The zero-order valence-electron chi connectivity index (χ0n) is 15.2. The maximum Gasteiger partial charge on any atom is 0.239 e. The van der Waals surface area contributed by atoms with Gasteiger partial charge in [0.1, 0.15) is 5.82 Å². The zero-order chi connectivity index (χ0) is 19.1. The molecule has 2 amide bonds. The Balaban J connectivity index is 1.34. The Morgan fingerprint density at radius 3 is 2.48 bits per heavy atom. The fourth-order valence-corrected chi connectivity index (χ4v) is 3.23. The van der Waals surface area contributed by atoms with Gasteiger partial charge in [0.25, 0.3) is 0 Å². The minimum Gasteiger partial charge on any atom is -0.371 e. The number of anilines is 1. The lowest BCUT2D eigenvalue weighted by molar-refractivity contribution is -0.125. The molecule has 0 aromatic heterocycles. The van der Waals surface area contributed by atoms with E-state index in [2.05, 4.69) is 15.5 Å². The van der Waals surface area contributed by atoms with Crippen LogP contribution in [-0.4, -0.2) is 38.0 Å². The summed E-state index contributed by atoms with van der Waals surface area (Å²) in [5.74, 6) is -0.244. The Bertz CT molecular complexity index is 765. The molecule has 6 heteroatoms. The van der Waals surface area contributed by atoms with Crippen LogP contribution in [0.2, 0.25) is 0 Å². The van der Waals surface area contributed by atoms with Crippen molar-refractivity contribution >= 4 is 17.5 Å². The summed E-state index contributed by atoms with van der Waals surface area (Å²) in [6.07, 6.45) is 1.24. The van der Waals surface area contributed by atoms with Crippen LogP contribution in [0.1, 0.15) is 12.0 Å². The van der Waals surface area contributed by atoms with E-state index < -0.39 is 0 Å². The molecule has 1 saturated heterocycles.